The molecule has 3 heterocycles. The van der Waals surface area contributed by atoms with Gasteiger partial charge in [-0.15, -0.1) is 0 Å². The molecule has 0 atom stereocenters. The Bertz CT molecular complexity index is 1120. The first-order chi connectivity index (χ1) is 15.3. The van der Waals surface area contributed by atoms with E-state index in [4.69, 9.17) is 0 Å². The van der Waals surface area contributed by atoms with Gasteiger partial charge in [0.2, 0.25) is 5.91 Å². The van der Waals surface area contributed by atoms with Crippen molar-refractivity contribution in [3.05, 3.63) is 42.6 Å². The fourth-order valence-corrected chi connectivity index (χ4v) is 4.04. The van der Waals surface area contributed by atoms with Crippen LogP contribution in [0.4, 0.5) is 5.69 Å². The van der Waals surface area contributed by atoms with Gasteiger partial charge in [-0.1, -0.05) is 13.8 Å². The Kier molecular flexibility index (Phi) is 6.01. The molecule has 0 radical (unpaired) electrons. The van der Waals surface area contributed by atoms with Crippen LogP contribution in [0.15, 0.2) is 36.9 Å². The number of aliphatic hydroxyl groups is 1. The maximum atomic E-state index is 12.8. The van der Waals surface area contributed by atoms with Gasteiger partial charge in [0, 0.05) is 36.6 Å². The molecule has 9 heteroatoms. The van der Waals surface area contributed by atoms with E-state index >= 15 is 0 Å². The van der Waals surface area contributed by atoms with Gasteiger partial charge >= 0.3 is 0 Å². The van der Waals surface area contributed by atoms with E-state index in [0.29, 0.717) is 50.4 Å². The normalized spacial score (nSPS) is 16.0. The maximum absolute atomic E-state index is 12.8. The monoisotopic (exact) mass is 438 g/mol. The molecule has 2 amide bonds. The van der Waals surface area contributed by atoms with Crippen LogP contribution in [0.5, 0.6) is 0 Å². The lowest BCUT2D eigenvalue weighted by Gasteiger charge is -2.38. The molecule has 1 aliphatic heterocycles. The highest BCUT2D eigenvalue weighted by Gasteiger charge is 2.35. The molecule has 1 saturated heterocycles. The highest BCUT2D eigenvalue weighted by molar-refractivity contribution is 5.94. The molecule has 0 saturated carbocycles. The van der Waals surface area contributed by atoms with E-state index in [0.717, 1.165) is 10.9 Å². The van der Waals surface area contributed by atoms with Gasteiger partial charge in [-0.25, -0.2) is 4.98 Å². The van der Waals surface area contributed by atoms with E-state index in [-0.39, 0.29) is 17.7 Å². The SMILES string of the molecule is CCn1cncc1C(=O)N1CCC(O)(Cn2ncc3ccc(NC(=O)C(C)C)cc32)CC1. The summed E-state index contributed by atoms with van der Waals surface area (Å²) in [4.78, 5) is 30.7. The molecule has 2 N–H and O–H groups in total. The van der Waals surface area contributed by atoms with Crippen LogP contribution in [0.25, 0.3) is 10.9 Å². The Balaban J connectivity index is 1.45. The number of nitrogens with one attached hydrogen (secondary N) is 1. The Morgan fingerprint density at radius 2 is 1.97 bits per heavy atom. The van der Waals surface area contributed by atoms with Gasteiger partial charge in [0.15, 0.2) is 0 Å². The summed E-state index contributed by atoms with van der Waals surface area (Å²) in [6.07, 6.45) is 5.94. The Morgan fingerprint density at radius 3 is 2.66 bits per heavy atom. The summed E-state index contributed by atoms with van der Waals surface area (Å²) in [6.45, 7) is 7.62. The number of piperidine rings is 1. The quantitative estimate of drug-likeness (QED) is 0.615. The lowest BCUT2D eigenvalue weighted by Crippen LogP contribution is -2.49. The standard InChI is InChI=1S/C23H30N6O3/c1-4-27-15-24-13-20(27)22(31)28-9-7-23(32,8-10-28)14-29-19-11-18(26-21(30)16(2)3)6-5-17(19)12-25-29/h5-6,11-13,15-16,32H,4,7-10,14H2,1-3H3,(H,26,30). The first-order valence-electron chi connectivity index (χ1n) is 11.1. The third-order valence-corrected chi connectivity index (χ3v) is 6.13. The lowest BCUT2D eigenvalue weighted by molar-refractivity contribution is -0.118. The number of hydrogen-bond donors (Lipinski definition) is 2. The van der Waals surface area contributed by atoms with E-state index in [1.807, 2.05) is 43.5 Å². The topological polar surface area (TPSA) is 105 Å². The van der Waals surface area contributed by atoms with Gasteiger partial charge in [0.05, 0.1) is 36.4 Å². The van der Waals surface area contributed by atoms with E-state index in [1.165, 1.54) is 0 Å². The number of imidazole rings is 1. The number of aryl methyl sites for hydroxylation is 1. The van der Waals surface area contributed by atoms with Crippen LogP contribution in [0.2, 0.25) is 0 Å². The number of anilines is 1. The minimum Gasteiger partial charge on any atom is -0.388 e. The highest BCUT2D eigenvalue weighted by Crippen LogP contribution is 2.28. The molecule has 170 valence electrons. The first kappa shape index (κ1) is 22.0. The number of carbonyl (C=O) groups excluding carboxylic acids is 2. The summed E-state index contributed by atoms with van der Waals surface area (Å²) in [6, 6.07) is 5.65. The fourth-order valence-electron chi connectivity index (χ4n) is 4.04. The van der Waals surface area contributed by atoms with Crippen molar-refractivity contribution in [2.24, 2.45) is 5.92 Å². The summed E-state index contributed by atoms with van der Waals surface area (Å²) >= 11 is 0. The van der Waals surface area contributed by atoms with Crippen molar-refractivity contribution >= 4 is 28.4 Å². The van der Waals surface area contributed by atoms with Gasteiger partial charge in [-0.05, 0) is 38.0 Å². The number of likely N-dealkylation sites (tertiary alicyclic amines) is 1. The van der Waals surface area contributed by atoms with E-state index in [2.05, 4.69) is 15.4 Å². The van der Waals surface area contributed by atoms with Crippen LogP contribution >= 0.6 is 0 Å². The largest absolute Gasteiger partial charge is 0.388 e. The van der Waals surface area contributed by atoms with E-state index < -0.39 is 5.60 Å². The molecule has 0 spiro atoms. The van der Waals surface area contributed by atoms with Crippen LogP contribution < -0.4 is 5.32 Å². The van der Waals surface area contributed by atoms with Crippen molar-refractivity contribution in [1.29, 1.82) is 0 Å². The lowest BCUT2D eigenvalue weighted by atomic mass is 9.91. The van der Waals surface area contributed by atoms with Crippen molar-refractivity contribution in [1.82, 2.24) is 24.2 Å². The predicted octanol–water partition coefficient (Wildman–Crippen LogP) is 2.51. The molecule has 2 aromatic heterocycles. The molecular formula is C23H30N6O3. The average Bonchev–Trinajstić information content (AvgIpc) is 3.40. The molecule has 9 nitrogen and oxygen atoms in total. The molecule has 1 fully saturated rings. The van der Waals surface area contributed by atoms with Crippen LogP contribution in [0.3, 0.4) is 0 Å². The van der Waals surface area contributed by atoms with Crippen molar-refractivity contribution in [2.45, 2.75) is 52.3 Å². The van der Waals surface area contributed by atoms with Gasteiger partial charge in [0.1, 0.15) is 5.69 Å². The fraction of sp³-hybridized carbons (Fsp3) is 0.478. The number of benzene rings is 1. The molecule has 3 aromatic rings. The van der Waals surface area contributed by atoms with Crippen molar-refractivity contribution in [3.8, 4) is 0 Å². The Labute approximate surface area is 187 Å². The maximum Gasteiger partial charge on any atom is 0.272 e. The smallest absolute Gasteiger partial charge is 0.272 e. The third kappa shape index (κ3) is 4.38. The third-order valence-electron chi connectivity index (χ3n) is 6.13. The highest BCUT2D eigenvalue weighted by atomic mass is 16.3. The predicted molar refractivity (Wildman–Crippen MR) is 121 cm³/mol. The van der Waals surface area contributed by atoms with Crippen molar-refractivity contribution in [3.63, 3.8) is 0 Å². The molecule has 32 heavy (non-hydrogen) atoms. The van der Waals surface area contributed by atoms with Crippen LogP contribution in [-0.4, -0.2) is 59.8 Å². The average molecular weight is 439 g/mol. The molecule has 1 aliphatic rings. The molecule has 0 bridgehead atoms. The van der Waals surface area contributed by atoms with Crippen molar-refractivity contribution < 1.29 is 14.7 Å². The second-order valence-corrected chi connectivity index (χ2v) is 8.80. The number of nitrogens with zero attached hydrogens (tertiary/aromatic N) is 5. The summed E-state index contributed by atoms with van der Waals surface area (Å²) < 4.78 is 3.61. The molecule has 1 aromatic carbocycles. The van der Waals surface area contributed by atoms with Crippen molar-refractivity contribution in [2.75, 3.05) is 18.4 Å². The molecule has 4 rings (SSSR count). The zero-order chi connectivity index (χ0) is 22.9. The first-order valence-corrected chi connectivity index (χ1v) is 11.1. The minimum absolute atomic E-state index is 0.0458. The number of carbonyl (C=O) groups is 2. The van der Waals surface area contributed by atoms with Gasteiger partial charge < -0.3 is 19.9 Å². The summed E-state index contributed by atoms with van der Waals surface area (Å²) in [5.74, 6) is -0.211. The Morgan fingerprint density at radius 1 is 1.22 bits per heavy atom. The summed E-state index contributed by atoms with van der Waals surface area (Å²) in [5, 5.41) is 19.5. The van der Waals surface area contributed by atoms with Crippen LogP contribution in [0.1, 0.15) is 44.1 Å². The number of amides is 2. The van der Waals surface area contributed by atoms with Crippen LogP contribution in [-0.2, 0) is 17.9 Å². The number of fused-ring (bicyclic) bond motifs is 1. The molecule has 0 aliphatic carbocycles. The van der Waals surface area contributed by atoms with Gasteiger partial charge in [0.25, 0.3) is 5.91 Å². The van der Waals surface area contributed by atoms with Crippen LogP contribution in [0, 0.1) is 5.92 Å². The zero-order valence-corrected chi connectivity index (χ0v) is 18.8. The minimum atomic E-state index is -0.960. The number of hydrogen-bond acceptors (Lipinski definition) is 5. The van der Waals surface area contributed by atoms with E-state index in [9.17, 15) is 14.7 Å². The molecular weight excluding hydrogens is 408 g/mol. The number of aromatic nitrogens is 4. The van der Waals surface area contributed by atoms with E-state index in [1.54, 1.807) is 28.3 Å². The molecule has 0 unspecified atom stereocenters. The summed E-state index contributed by atoms with van der Waals surface area (Å²) in [5.41, 5.74) is 1.17. The number of rotatable bonds is 6. The Hall–Kier alpha value is -3.20. The second kappa shape index (κ2) is 8.74. The summed E-state index contributed by atoms with van der Waals surface area (Å²) in [7, 11) is 0. The zero-order valence-electron chi connectivity index (χ0n) is 18.8. The van der Waals surface area contributed by atoms with Gasteiger partial charge in [-0.3, -0.25) is 14.3 Å². The van der Waals surface area contributed by atoms with Gasteiger partial charge in [-0.2, -0.15) is 5.10 Å². The second-order valence-electron chi connectivity index (χ2n) is 8.80.